The summed E-state index contributed by atoms with van der Waals surface area (Å²) < 4.78 is 34.4. The number of esters is 1. The molecule has 4 rings (SSSR count). The van der Waals surface area contributed by atoms with Crippen molar-refractivity contribution in [3.8, 4) is 0 Å². The molecule has 0 fully saturated rings. The molecule has 0 spiro atoms. The number of aryl methyl sites for hydroxylation is 1. The summed E-state index contributed by atoms with van der Waals surface area (Å²) in [4.78, 5) is 25.8. The lowest BCUT2D eigenvalue weighted by molar-refractivity contribution is 0.0499. The Morgan fingerprint density at radius 2 is 1.48 bits per heavy atom. The number of carbonyl (C=O) groups excluding carboxylic acids is 2. The maximum Gasteiger partial charge on any atom is 0.338 e. The number of nitrogens with zero attached hydrogens (tertiary/aromatic N) is 1. The molecule has 0 saturated carbocycles. The van der Waals surface area contributed by atoms with E-state index in [0.29, 0.717) is 17.9 Å². The molecule has 40 heavy (non-hydrogen) atoms. The van der Waals surface area contributed by atoms with E-state index in [1.807, 2.05) is 44.2 Å². The zero-order chi connectivity index (χ0) is 28.5. The Labute approximate surface area is 235 Å². The van der Waals surface area contributed by atoms with Crippen LogP contribution in [-0.2, 0) is 21.3 Å². The number of unbranched alkanes of at least 4 members (excludes halogenated alkanes) is 1. The van der Waals surface area contributed by atoms with Crippen LogP contribution < -0.4 is 9.62 Å². The van der Waals surface area contributed by atoms with Gasteiger partial charge in [0.05, 0.1) is 34.9 Å². The molecule has 0 saturated heterocycles. The first kappa shape index (κ1) is 28.6. The van der Waals surface area contributed by atoms with E-state index in [4.69, 9.17) is 4.74 Å². The Kier molecular flexibility index (Phi) is 9.35. The number of benzene rings is 4. The number of ether oxygens (including phenoxy) is 1. The molecule has 0 aliphatic heterocycles. The molecule has 0 radical (unpaired) electrons. The van der Waals surface area contributed by atoms with Crippen LogP contribution in [0.25, 0.3) is 0 Å². The van der Waals surface area contributed by atoms with Crippen molar-refractivity contribution < 1.29 is 22.7 Å². The van der Waals surface area contributed by atoms with E-state index in [0.717, 1.165) is 24.0 Å². The van der Waals surface area contributed by atoms with Gasteiger partial charge < -0.3 is 10.1 Å². The van der Waals surface area contributed by atoms with Crippen LogP contribution in [-0.4, -0.2) is 26.9 Å². The summed E-state index contributed by atoms with van der Waals surface area (Å²) in [5.41, 5.74) is 3.00. The van der Waals surface area contributed by atoms with Gasteiger partial charge in [-0.05, 0) is 67.4 Å². The predicted molar refractivity (Wildman–Crippen MR) is 157 cm³/mol. The smallest absolute Gasteiger partial charge is 0.338 e. The first-order valence-electron chi connectivity index (χ1n) is 13.1. The molecule has 8 heteroatoms. The van der Waals surface area contributed by atoms with Crippen LogP contribution in [0.1, 0.15) is 51.6 Å². The molecule has 0 aromatic heterocycles. The Morgan fingerprint density at radius 3 is 2.15 bits per heavy atom. The molecule has 4 aromatic carbocycles. The maximum absolute atomic E-state index is 13.9. The lowest BCUT2D eigenvalue weighted by atomic mass is 10.1. The van der Waals surface area contributed by atoms with E-state index < -0.39 is 21.9 Å². The van der Waals surface area contributed by atoms with Gasteiger partial charge in [-0.3, -0.25) is 9.10 Å². The standard InChI is InChI=1S/C32H32N2O5S/c1-3-4-22-39-32(36)26-16-18-27(19-17-26)33-31(35)29-12-8-9-13-30(29)34(23-25-10-6-5-7-11-25)40(37,38)28-20-14-24(2)15-21-28/h5-21H,3-4,22-23H2,1-2H3,(H,33,35). The van der Waals surface area contributed by atoms with Crippen LogP contribution in [0.3, 0.4) is 0 Å². The van der Waals surface area contributed by atoms with Gasteiger partial charge >= 0.3 is 5.97 Å². The average molecular weight is 557 g/mol. The van der Waals surface area contributed by atoms with Gasteiger partial charge in [-0.1, -0.05) is 73.5 Å². The fourth-order valence-electron chi connectivity index (χ4n) is 4.05. The molecular weight excluding hydrogens is 524 g/mol. The van der Waals surface area contributed by atoms with Crippen molar-refractivity contribution in [1.82, 2.24) is 0 Å². The number of sulfonamides is 1. The van der Waals surface area contributed by atoms with Crippen molar-refractivity contribution >= 4 is 33.3 Å². The first-order valence-corrected chi connectivity index (χ1v) is 14.5. The third kappa shape index (κ3) is 6.95. The average Bonchev–Trinajstić information content (AvgIpc) is 2.97. The second-order valence-electron chi connectivity index (χ2n) is 9.35. The van der Waals surface area contributed by atoms with Crippen LogP contribution >= 0.6 is 0 Å². The molecular formula is C32H32N2O5S. The summed E-state index contributed by atoms with van der Waals surface area (Å²) in [6.45, 7) is 4.30. The highest BCUT2D eigenvalue weighted by atomic mass is 32.2. The van der Waals surface area contributed by atoms with Gasteiger partial charge in [-0.25, -0.2) is 13.2 Å². The summed E-state index contributed by atoms with van der Waals surface area (Å²) >= 11 is 0. The Morgan fingerprint density at radius 1 is 0.825 bits per heavy atom. The zero-order valence-corrected chi connectivity index (χ0v) is 23.4. The van der Waals surface area contributed by atoms with E-state index >= 15 is 0 Å². The molecule has 0 unspecified atom stereocenters. The monoisotopic (exact) mass is 556 g/mol. The summed E-state index contributed by atoms with van der Waals surface area (Å²) in [6.07, 6.45) is 1.72. The second kappa shape index (κ2) is 13.1. The lowest BCUT2D eigenvalue weighted by Crippen LogP contribution is -2.32. The zero-order valence-electron chi connectivity index (χ0n) is 22.5. The van der Waals surface area contributed by atoms with Crippen molar-refractivity contribution in [2.75, 3.05) is 16.2 Å². The maximum atomic E-state index is 13.9. The van der Waals surface area contributed by atoms with Gasteiger partial charge in [0.1, 0.15) is 0 Å². The third-order valence-electron chi connectivity index (χ3n) is 6.30. The van der Waals surface area contributed by atoms with Gasteiger partial charge in [0, 0.05) is 5.69 Å². The summed E-state index contributed by atoms with van der Waals surface area (Å²) in [5.74, 6) is -0.902. The number of anilines is 2. The molecule has 206 valence electrons. The van der Waals surface area contributed by atoms with Crippen molar-refractivity contribution in [3.05, 3.63) is 125 Å². The van der Waals surface area contributed by atoms with Crippen molar-refractivity contribution in [1.29, 1.82) is 0 Å². The van der Waals surface area contributed by atoms with E-state index in [2.05, 4.69) is 5.32 Å². The minimum absolute atomic E-state index is 0.0379. The molecule has 0 atom stereocenters. The summed E-state index contributed by atoms with van der Waals surface area (Å²) in [5, 5.41) is 2.82. The van der Waals surface area contributed by atoms with Crippen LogP contribution in [0.15, 0.2) is 108 Å². The highest BCUT2D eigenvalue weighted by Gasteiger charge is 2.28. The highest BCUT2D eigenvalue weighted by Crippen LogP contribution is 2.30. The molecule has 0 aliphatic rings. The van der Waals surface area contributed by atoms with Crippen LogP contribution in [0.2, 0.25) is 0 Å². The Balaban J connectivity index is 1.64. The van der Waals surface area contributed by atoms with Crippen molar-refractivity contribution in [2.45, 2.75) is 38.1 Å². The van der Waals surface area contributed by atoms with Crippen LogP contribution in [0.4, 0.5) is 11.4 Å². The molecule has 0 heterocycles. The van der Waals surface area contributed by atoms with Crippen LogP contribution in [0.5, 0.6) is 0 Å². The number of para-hydroxylation sites is 1. The number of rotatable bonds is 11. The molecule has 1 N–H and O–H groups in total. The first-order chi connectivity index (χ1) is 19.3. The van der Waals surface area contributed by atoms with Gasteiger partial charge in [0.2, 0.25) is 0 Å². The predicted octanol–water partition coefficient (Wildman–Crippen LogP) is 6.60. The molecule has 1 amide bonds. The van der Waals surface area contributed by atoms with Crippen molar-refractivity contribution in [2.24, 2.45) is 0 Å². The summed E-state index contributed by atoms with van der Waals surface area (Å²) in [6, 6.07) is 28.9. The quantitative estimate of drug-likeness (QED) is 0.166. The third-order valence-corrected chi connectivity index (χ3v) is 8.08. The fraction of sp³-hybridized carbons (Fsp3) is 0.188. The number of amides is 1. The van der Waals surface area contributed by atoms with E-state index in [9.17, 15) is 18.0 Å². The number of hydrogen-bond acceptors (Lipinski definition) is 5. The van der Waals surface area contributed by atoms with E-state index in [1.54, 1.807) is 72.8 Å². The number of carbonyl (C=O) groups is 2. The van der Waals surface area contributed by atoms with Gasteiger partial charge in [0.15, 0.2) is 0 Å². The van der Waals surface area contributed by atoms with E-state index in [-0.39, 0.29) is 22.7 Å². The SMILES string of the molecule is CCCCOC(=O)c1ccc(NC(=O)c2ccccc2N(Cc2ccccc2)S(=O)(=O)c2ccc(C)cc2)cc1. The minimum Gasteiger partial charge on any atom is -0.462 e. The van der Waals surface area contributed by atoms with E-state index in [1.165, 1.54) is 4.31 Å². The summed E-state index contributed by atoms with van der Waals surface area (Å²) in [7, 11) is -4.02. The second-order valence-corrected chi connectivity index (χ2v) is 11.2. The van der Waals surface area contributed by atoms with Crippen LogP contribution in [0, 0.1) is 6.92 Å². The molecule has 0 aliphatic carbocycles. The Hall–Kier alpha value is -4.43. The Bertz CT molecular complexity index is 1550. The normalized spacial score (nSPS) is 11.1. The topological polar surface area (TPSA) is 92.8 Å². The molecule has 4 aromatic rings. The number of hydrogen-bond donors (Lipinski definition) is 1. The van der Waals surface area contributed by atoms with Crippen molar-refractivity contribution in [3.63, 3.8) is 0 Å². The highest BCUT2D eigenvalue weighted by molar-refractivity contribution is 7.92. The number of nitrogens with one attached hydrogen (secondary N) is 1. The lowest BCUT2D eigenvalue weighted by Gasteiger charge is -2.26. The largest absolute Gasteiger partial charge is 0.462 e. The molecule has 7 nitrogen and oxygen atoms in total. The molecule has 0 bridgehead atoms. The van der Waals surface area contributed by atoms with Gasteiger partial charge in [-0.15, -0.1) is 0 Å². The fourth-order valence-corrected chi connectivity index (χ4v) is 5.52. The van der Waals surface area contributed by atoms with Gasteiger partial charge in [-0.2, -0.15) is 0 Å². The van der Waals surface area contributed by atoms with Gasteiger partial charge in [0.25, 0.3) is 15.9 Å². The minimum atomic E-state index is -4.02.